The van der Waals surface area contributed by atoms with Gasteiger partial charge >= 0.3 is 0 Å². The molecule has 18 heavy (non-hydrogen) atoms. The largest absolute Gasteiger partial charge is 0.495 e. The maximum absolute atomic E-state index is 5.93. The third-order valence-corrected chi connectivity index (χ3v) is 3.27. The van der Waals surface area contributed by atoms with Crippen molar-refractivity contribution in [2.45, 2.75) is 39.2 Å². The molecular weight excluding hydrogens is 224 g/mol. The fourth-order valence-corrected chi connectivity index (χ4v) is 1.90. The van der Waals surface area contributed by atoms with Crippen LogP contribution in [0.5, 0.6) is 5.75 Å². The molecule has 0 heterocycles. The molecule has 1 atom stereocenters. The minimum Gasteiger partial charge on any atom is -0.495 e. The minimum atomic E-state index is -0.0844. The van der Waals surface area contributed by atoms with Gasteiger partial charge in [-0.1, -0.05) is 26.0 Å². The molecule has 3 nitrogen and oxygen atoms in total. The number of para-hydroxylation sites is 2. The summed E-state index contributed by atoms with van der Waals surface area (Å²) in [5.41, 5.74) is 6.86. The molecule has 102 valence electrons. The molecule has 0 fully saturated rings. The summed E-state index contributed by atoms with van der Waals surface area (Å²) < 4.78 is 5.36. The number of anilines is 1. The van der Waals surface area contributed by atoms with Gasteiger partial charge in [0.15, 0.2) is 0 Å². The predicted octanol–water partition coefficient (Wildman–Crippen LogP) is 3.26. The van der Waals surface area contributed by atoms with Crippen LogP contribution in [-0.2, 0) is 0 Å². The Hall–Kier alpha value is -1.22. The van der Waals surface area contributed by atoms with Gasteiger partial charge in [0.05, 0.1) is 12.8 Å². The molecule has 1 unspecified atom stereocenters. The molecule has 0 aromatic heterocycles. The first-order valence-corrected chi connectivity index (χ1v) is 6.62. The maximum atomic E-state index is 5.93. The summed E-state index contributed by atoms with van der Waals surface area (Å²) in [6, 6.07) is 7.96. The second-order valence-electron chi connectivity index (χ2n) is 5.52. The van der Waals surface area contributed by atoms with Crippen LogP contribution in [0.1, 0.15) is 33.6 Å². The Morgan fingerprint density at radius 1 is 1.33 bits per heavy atom. The lowest BCUT2D eigenvalue weighted by Gasteiger charge is -2.32. The van der Waals surface area contributed by atoms with E-state index in [9.17, 15) is 0 Å². The Kier molecular flexibility index (Phi) is 5.48. The standard InChI is InChI=1S/C15H26N2O/c1-12(2)9-10-15(3,11-16)17-13-7-5-6-8-14(13)18-4/h5-8,12,17H,9-11,16H2,1-4H3. The van der Waals surface area contributed by atoms with Gasteiger partial charge in [0, 0.05) is 12.1 Å². The first kappa shape index (κ1) is 14.8. The molecule has 0 bridgehead atoms. The topological polar surface area (TPSA) is 47.3 Å². The minimum absolute atomic E-state index is 0.0844. The predicted molar refractivity (Wildman–Crippen MR) is 78.1 cm³/mol. The Balaban J connectivity index is 2.77. The first-order chi connectivity index (χ1) is 8.50. The fraction of sp³-hybridized carbons (Fsp3) is 0.600. The van der Waals surface area contributed by atoms with Gasteiger partial charge in [-0.05, 0) is 37.8 Å². The second-order valence-corrected chi connectivity index (χ2v) is 5.52. The average molecular weight is 250 g/mol. The van der Waals surface area contributed by atoms with Gasteiger partial charge < -0.3 is 15.8 Å². The summed E-state index contributed by atoms with van der Waals surface area (Å²) in [7, 11) is 1.69. The molecule has 0 aliphatic heterocycles. The fourth-order valence-electron chi connectivity index (χ4n) is 1.90. The van der Waals surface area contributed by atoms with E-state index >= 15 is 0 Å². The van der Waals surface area contributed by atoms with Crippen LogP contribution in [0, 0.1) is 5.92 Å². The van der Waals surface area contributed by atoms with E-state index in [2.05, 4.69) is 26.1 Å². The van der Waals surface area contributed by atoms with Crippen molar-refractivity contribution in [3.8, 4) is 5.75 Å². The third-order valence-electron chi connectivity index (χ3n) is 3.27. The zero-order chi connectivity index (χ0) is 13.6. The second kappa shape index (κ2) is 6.64. The zero-order valence-corrected chi connectivity index (χ0v) is 12.0. The highest BCUT2D eigenvalue weighted by atomic mass is 16.5. The van der Waals surface area contributed by atoms with E-state index in [1.807, 2.05) is 24.3 Å². The van der Waals surface area contributed by atoms with Crippen LogP contribution >= 0.6 is 0 Å². The quantitative estimate of drug-likeness (QED) is 0.781. The lowest BCUT2D eigenvalue weighted by molar-refractivity contribution is 0.403. The molecule has 0 aliphatic rings. The van der Waals surface area contributed by atoms with Crippen molar-refractivity contribution in [1.82, 2.24) is 0 Å². The molecule has 0 amide bonds. The van der Waals surface area contributed by atoms with Gasteiger partial charge in [0.1, 0.15) is 5.75 Å². The van der Waals surface area contributed by atoms with Crippen LogP contribution in [0.3, 0.4) is 0 Å². The summed E-state index contributed by atoms with van der Waals surface area (Å²) in [6.07, 6.45) is 2.22. The highest BCUT2D eigenvalue weighted by Gasteiger charge is 2.23. The number of benzene rings is 1. The first-order valence-electron chi connectivity index (χ1n) is 6.62. The Bertz CT molecular complexity index is 365. The molecule has 0 radical (unpaired) electrons. The van der Waals surface area contributed by atoms with Crippen molar-refractivity contribution >= 4 is 5.69 Å². The summed E-state index contributed by atoms with van der Waals surface area (Å²) in [5.74, 6) is 1.55. The lowest BCUT2D eigenvalue weighted by atomic mass is 9.91. The molecule has 0 aliphatic carbocycles. The number of nitrogens with two attached hydrogens (primary N) is 1. The average Bonchev–Trinajstić information content (AvgIpc) is 2.37. The molecule has 0 saturated heterocycles. The van der Waals surface area contributed by atoms with Crippen LogP contribution in [-0.4, -0.2) is 19.2 Å². The van der Waals surface area contributed by atoms with Crippen LogP contribution in [0.2, 0.25) is 0 Å². The van der Waals surface area contributed by atoms with Gasteiger partial charge in [-0.3, -0.25) is 0 Å². The molecule has 3 heteroatoms. The summed E-state index contributed by atoms with van der Waals surface area (Å²) >= 11 is 0. The van der Waals surface area contributed by atoms with Crippen molar-refractivity contribution in [2.75, 3.05) is 19.0 Å². The van der Waals surface area contributed by atoms with Crippen molar-refractivity contribution in [3.05, 3.63) is 24.3 Å². The number of hydrogen-bond donors (Lipinski definition) is 2. The van der Waals surface area contributed by atoms with Crippen LogP contribution < -0.4 is 15.8 Å². The smallest absolute Gasteiger partial charge is 0.141 e. The number of hydrogen-bond acceptors (Lipinski definition) is 3. The number of rotatable bonds is 7. The zero-order valence-electron chi connectivity index (χ0n) is 12.0. The van der Waals surface area contributed by atoms with Gasteiger partial charge in [-0.2, -0.15) is 0 Å². The summed E-state index contributed by atoms with van der Waals surface area (Å²) in [4.78, 5) is 0. The molecule has 1 aromatic carbocycles. The Labute approximate surface area is 111 Å². The van der Waals surface area contributed by atoms with Gasteiger partial charge in [-0.25, -0.2) is 0 Å². The molecule has 0 spiro atoms. The Morgan fingerprint density at radius 3 is 2.56 bits per heavy atom. The highest BCUT2D eigenvalue weighted by molar-refractivity contribution is 5.57. The molecule has 0 saturated carbocycles. The third kappa shape index (κ3) is 4.22. The SMILES string of the molecule is COc1ccccc1NC(C)(CN)CCC(C)C. The van der Waals surface area contributed by atoms with Gasteiger partial charge in [0.25, 0.3) is 0 Å². The van der Waals surface area contributed by atoms with Crippen LogP contribution in [0.15, 0.2) is 24.3 Å². The number of methoxy groups -OCH3 is 1. The monoisotopic (exact) mass is 250 g/mol. The van der Waals surface area contributed by atoms with Gasteiger partial charge in [-0.15, -0.1) is 0 Å². The van der Waals surface area contributed by atoms with E-state index < -0.39 is 0 Å². The van der Waals surface area contributed by atoms with E-state index in [1.54, 1.807) is 7.11 Å². The van der Waals surface area contributed by atoms with Crippen molar-refractivity contribution < 1.29 is 4.74 Å². The van der Waals surface area contributed by atoms with E-state index in [0.29, 0.717) is 12.5 Å². The normalized spacial score (nSPS) is 14.3. The van der Waals surface area contributed by atoms with E-state index in [-0.39, 0.29) is 5.54 Å². The molecule has 1 rings (SSSR count). The summed E-state index contributed by atoms with van der Waals surface area (Å²) in [5, 5.41) is 3.53. The van der Waals surface area contributed by atoms with Gasteiger partial charge in [0.2, 0.25) is 0 Å². The molecule has 1 aromatic rings. The van der Waals surface area contributed by atoms with Crippen molar-refractivity contribution in [3.63, 3.8) is 0 Å². The van der Waals surface area contributed by atoms with Crippen molar-refractivity contribution in [1.29, 1.82) is 0 Å². The van der Waals surface area contributed by atoms with Crippen LogP contribution in [0.4, 0.5) is 5.69 Å². The number of ether oxygens (including phenoxy) is 1. The van der Waals surface area contributed by atoms with E-state index in [0.717, 1.165) is 24.3 Å². The number of nitrogens with one attached hydrogen (secondary N) is 1. The van der Waals surface area contributed by atoms with Crippen LogP contribution in [0.25, 0.3) is 0 Å². The lowest BCUT2D eigenvalue weighted by Crippen LogP contribution is -2.42. The Morgan fingerprint density at radius 2 is 2.00 bits per heavy atom. The van der Waals surface area contributed by atoms with E-state index in [1.165, 1.54) is 0 Å². The van der Waals surface area contributed by atoms with E-state index in [4.69, 9.17) is 10.5 Å². The maximum Gasteiger partial charge on any atom is 0.141 e. The summed E-state index contributed by atoms with van der Waals surface area (Å²) in [6.45, 7) is 7.25. The highest BCUT2D eigenvalue weighted by Crippen LogP contribution is 2.28. The van der Waals surface area contributed by atoms with Crippen molar-refractivity contribution in [2.24, 2.45) is 11.7 Å². The molecular formula is C15H26N2O. The molecule has 3 N–H and O–H groups in total.